The van der Waals surface area contributed by atoms with Gasteiger partial charge in [0, 0.05) is 18.3 Å². The Balaban J connectivity index is 2.17. The van der Waals surface area contributed by atoms with Crippen LogP contribution >= 0.6 is 11.6 Å². The SMILES string of the molecule is CCOc1ccc(S(=O)(=O)N(CC)CC(=O)Nc2ccc(OC)c(OC)c2)cc1Cl. The van der Waals surface area contributed by atoms with Crippen LogP contribution in [0.2, 0.25) is 5.02 Å². The molecule has 0 aliphatic carbocycles. The smallest absolute Gasteiger partial charge is 0.243 e. The largest absolute Gasteiger partial charge is 0.493 e. The lowest BCUT2D eigenvalue weighted by Crippen LogP contribution is -2.37. The van der Waals surface area contributed by atoms with Gasteiger partial charge >= 0.3 is 0 Å². The number of anilines is 1. The summed E-state index contributed by atoms with van der Waals surface area (Å²) in [5.41, 5.74) is 0.454. The standard InChI is InChI=1S/C20H25ClN2O6S/c1-5-23(30(25,26)15-8-10-17(29-6-2)16(21)12-15)13-20(24)22-14-7-9-18(27-3)19(11-14)28-4/h7-12H,5-6,13H2,1-4H3,(H,22,24). The number of likely N-dealkylation sites (N-methyl/N-ethyl adjacent to an activating group) is 1. The first-order chi connectivity index (χ1) is 14.3. The molecule has 8 nitrogen and oxygen atoms in total. The van der Waals surface area contributed by atoms with Gasteiger partial charge in [-0.3, -0.25) is 4.79 Å². The van der Waals surface area contributed by atoms with E-state index in [1.54, 1.807) is 32.0 Å². The third-order valence-electron chi connectivity index (χ3n) is 4.18. The van der Waals surface area contributed by atoms with E-state index in [0.717, 1.165) is 4.31 Å². The minimum absolute atomic E-state index is 0.0169. The highest BCUT2D eigenvalue weighted by atomic mass is 35.5. The van der Waals surface area contributed by atoms with E-state index in [2.05, 4.69) is 5.32 Å². The van der Waals surface area contributed by atoms with Gasteiger partial charge in [0.2, 0.25) is 15.9 Å². The molecule has 0 unspecified atom stereocenters. The third-order valence-corrected chi connectivity index (χ3v) is 6.39. The molecule has 30 heavy (non-hydrogen) atoms. The highest BCUT2D eigenvalue weighted by Crippen LogP contribution is 2.30. The lowest BCUT2D eigenvalue weighted by molar-refractivity contribution is -0.116. The van der Waals surface area contributed by atoms with E-state index in [4.69, 9.17) is 25.8 Å². The number of benzene rings is 2. The quantitative estimate of drug-likeness (QED) is 0.588. The lowest BCUT2D eigenvalue weighted by Gasteiger charge is -2.20. The maximum Gasteiger partial charge on any atom is 0.243 e. The van der Waals surface area contributed by atoms with Crippen molar-refractivity contribution in [3.05, 3.63) is 41.4 Å². The first-order valence-corrected chi connectivity index (χ1v) is 11.0. The number of nitrogens with zero attached hydrogens (tertiary/aromatic N) is 1. The fraction of sp³-hybridized carbons (Fsp3) is 0.350. The summed E-state index contributed by atoms with van der Waals surface area (Å²) in [6.45, 7) is 3.60. The fourth-order valence-corrected chi connectivity index (χ4v) is 4.44. The monoisotopic (exact) mass is 456 g/mol. The number of methoxy groups -OCH3 is 2. The molecule has 164 valence electrons. The van der Waals surface area contributed by atoms with Gasteiger partial charge in [0.25, 0.3) is 0 Å². The Morgan fingerprint density at radius 3 is 2.27 bits per heavy atom. The summed E-state index contributed by atoms with van der Waals surface area (Å²) >= 11 is 6.12. The Hall–Kier alpha value is -2.49. The van der Waals surface area contributed by atoms with Crippen LogP contribution in [0.25, 0.3) is 0 Å². The van der Waals surface area contributed by atoms with Crippen LogP contribution in [0.1, 0.15) is 13.8 Å². The third kappa shape index (κ3) is 5.56. The molecular weight excluding hydrogens is 432 g/mol. The molecule has 1 amide bonds. The number of nitrogens with one attached hydrogen (secondary N) is 1. The maximum absolute atomic E-state index is 13.0. The molecule has 0 radical (unpaired) electrons. The molecule has 0 aliphatic heterocycles. The molecule has 2 aromatic rings. The van der Waals surface area contributed by atoms with Crippen LogP contribution in [0.3, 0.4) is 0 Å². The summed E-state index contributed by atoms with van der Waals surface area (Å²) < 4.78 is 42.7. The molecule has 2 rings (SSSR count). The molecule has 1 N–H and O–H groups in total. The number of hydrogen-bond donors (Lipinski definition) is 1. The average molecular weight is 457 g/mol. The van der Waals surface area contributed by atoms with Crippen molar-refractivity contribution in [2.75, 3.05) is 39.2 Å². The molecule has 0 fully saturated rings. The summed E-state index contributed by atoms with van der Waals surface area (Å²) in [4.78, 5) is 12.5. The van der Waals surface area contributed by atoms with Crippen LogP contribution in [0.5, 0.6) is 17.2 Å². The number of carbonyl (C=O) groups excluding carboxylic acids is 1. The Morgan fingerprint density at radius 2 is 1.70 bits per heavy atom. The highest BCUT2D eigenvalue weighted by Gasteiger charge is 2.26. The van der Waals surface area contributed by atoms with E-state index in [-0.39, 0.29) is 23.0 Å². The number of halogens is 1. The second-order valence-corrected chi connectivity index (χ2v) is 8.42. The van der Waals surface area contributed by atoms with Crippen LogP contribution < -0.4 is 19.5 Å². The number of ether oxygens (including phenoxy) is 3. The van der Waals surface area contributed by atoms with Gasteiger partial charge in [0.1, 0.15) is 5.75 Å². The van der Waals surface area contributed by atoms with Gasteiger partial charge in [-0.25, -0.2) is 8.42 Å². The Labute approximate surface area is 181 Å². The number of amides is 1. The van der Waals surface area contributed by atoms with Crippen molar-refractivity contribution in [1.82, 2.24) is 4.31 Å². The topological polar surface area (TPSA) is 94.2 Å². The van der Waals surface area contributed by atoms with E-state index in [0.29, 0.717) is 29.5 Å². The Bertz CT molecular complexity index is 997. The van der Waals surface area contributed by atoms with Gasteiger partial charge in [-0.05, 0) is 37.3 Å². The summed E-state index contributed by atoms with van der Waals surface area (Å²) in [5, 5.41) is 2.85. The molecule has 0 spiro atoms. The molecule has 0 saturated heterocycles. The number of rotatable bonds is 10. The molecule has 2 aromatic carbocycles. The average Bonchev–Trinajstić information content (AvgIpc) is 2.73. The van der Waals surface area contributed by atoms with Crippen LogP contribution in [0, 0.1) is 0 Å². The van der Waals surface area contributed by atoms with Crippen LogP contribution in [-0.4, -0.2) is 52.5 Å². The van der Waals surface area contributed by atoms with Gasteiger partial charge in [0.15, 0.2) is 11.5 Å². The van der Waals surface area contributed by atoms with Crippen LogP contribution in [0.15, 0.2) is 41.3 Å². The normalized spacial score (nSPS) is 11.3. The maximum atomic E-state index is 13.0. The molecule has 0 heterocycles. The van der Waals surface area contributed by atoms with Crippen molar-refractivity contribution in [1.29, 1.82) is 0 Å². The van der Waals surface area contributed by atoms with Crippen molar-refractivity contribution in [2.24, 2.45) is 0 Å². The van der Waals surface area contributed by atoms with E-state index < -0.39 is 15.9 Å². The minimum Gasteiger partial charge on any atom is -0.493 e. The predicted molar refractivity (Wildman–Crippen MR) is 115 cm³/mol. The summed E-state index contributed by atoms with van der Waals surface area (Å²) in [6, 6.07) is 9.09. The summed E-state index contributed by atoms with van der Waals surface area (Å²) in [7, 11) is -0.938. The molecule has 0 saturated carbocycles. The molecular formula is C20H25ClN2O6S. The zero-order valence-electron chi connectivity index (χ0n) is 17.3. The second kappa shape index (κ2) is 10.5. The van der Waals surface area contributed by atoms with Gasteiger partial charge in [-0.1, -0.05) is 18.5 Å². The van der Waals surface area contributed by atoms with E-state index >= 15 is 0 Å². The van der Waals surface area contributed by atoms with Gasteiger partial charge in [0.05, 0.1) is 37.3 Å². The van der Waals surface area contributed by atoms with E-state index in [1.807, 2.05) is 0 Å². The lowest BCUT2D eigenvalue weighted by atomic mass is 10.2. The first kappa shape index (κ1) is 23.8. The predicted octanol–water partition coefficient (Wildman–Crippen LogP) is 3.41. The van der Waals surface area contributed by atoms with Gasteiger partial charge in [-0.15, -0.1) is 0 Å². The van der Waals surface area contributed by atoms with Crippen molar-refractivity contribution in [3.63, 3.8) is 0 Å². The molecule has 0 bridgehead atoms. The minimum atomic E-state index is -3.93. The van der Waals surface area contributed by atoms with E-state index in [1.165, 1.54) is 32.4 Å². The van der Waals surface area contributed by atoms with Crippen molar-refractivity contribution >= 4 is 33.2 Å². The van der Waals surface area contributed by atoms with Gasteiger partial charge < -0.3 is 19.5 Å². The highest BCUT2D eigenvalue weighted by molar-refractivity contribution is 7.89. The zero-order chi connectivity index (χ0) is 22.3. The summed E-state index contributed by atoms with van der Waals surface area (Å²) in [6.07, 6.45) is 0. The Morgan fingerprint density at radius 1 is 1.03 bits per heavy atom. The van der Waals surface area contributed by atoms with Crippen molar-refractivity contribution < 1.29 is 27.4 Å². The zero-order valence-corrected chi connectivity index (χ0v) is 18.8. The molecule has 0 aromatic heterocycles. The molecule has 10 heteroatoms. The van der Waals surface area contributed by atoms with Gasteiger partial charge in [-0.2, -0.15) is 4.31 Å². The van der Waals surface area contributed by atoms with Crippen molar-refractivity contribution in [3.8, 4) is 17.2 Å². The van der Waals surface area contributed by atoms with Crippen LogP contribution in [0.4, 0.5) is 5.69 Å². The van der Waals surface area contributed by atoms with Crippen molar-refractivity contribution in [2.45, 2.75) is 18.7 Å². The first-order valence-electron chi connectivity index (χ1n) is 9.21. The van der Waals surface area contributed by atoms with Crippen LogP contribution in [-0.2, 0) is 14.8 Å². The summed E-state index contributed by atoms with van der Waals surface area (Å²) in [5.74, 6) is 0.858. The second-order valence-electron chi connectivity index (χ2n) is 6.07. The number of hydrogen-bond acceptors (Lipinski definition) is 6. The molecule has 0 aliphatic rings. The fourth-order valence-electron chi connectivity index (χ4n) is 2.71. The van der Waals surface area contributed by atoms with E-state index in [9.17, 15) is 13.2 Å². The molecule has 0 atom stereocenters. The number of carbonyl (C=O) groups is 1. The Kier molecular flexibility index (Phi) is 8.33. The number of sulfonamides is 1.